The topological polar surface area (TPSA) is 72.5 Å². The van der Waals surface area contributed by atoms with Crippen LogP contribution in [0.5, 0.6) is 5.75 Å². The van der Waals surface area contributed by atoms with E-state index in [-0.39, 0.29) is 5.91 Å². The first kappa shape index (κ1) is 16.8. The molecular weight excluding hydrogens is 294 g/mol. The zero-order chi connectivity index (χ0) is 16.5. The Kier molecular flexibility index (Phi) is 6.38. The lowest BCUT2D eigenvalue weighted by atomic mass is 10.2. The first-order valence-corrected chi connectivity index (χ1v) is 7.32. The van der Waals surface area contributed by atoms with Gasteiger partial charge in [0.2, 0.25) is 0 Å². The third-order valence-electron chi connectivity index (χ3n) is 3.25. The molecule has 1 aromatic carbocycles. The highest BCUT2D eigenvalue weighted by atomic mass is 16.5. The molecule has 0 aliphatic heterocycles. The summed E-state index contributed by atoms with van der Waals surface area (Å²) in [6.07, 6.45) is 3.22. The van der Waals surface area contributed by atoms with Crippen LogP contribution in [0.15, 0.2) is 42.7 Å². The molecule has 2 rings (SSSR count). The lowest BCUT2D eigenvalue weighted by Crippen LogP contribution is -2.23. The van der Waals surface area contributed by atoms with Crippen LogP contribution in [0.25, 0.3) is 0 Å². The van der Waals surface area contributed by atoms with Gasteiger partial charge in [-0.05, 0) is 23.8 Å². The molecule has 0 saturated carbocycles. The molecule has 6 heteroatoms. The van der Waals surface area contributed by atoms with Gasteiger partial charge in [-0.3, -0.25) is 9.78 Å². The highest BCUT2D eigenvalue weighted by Gasteiger charge is 2.07. The average Bonchev–Trinajstić information content (AvgIpc) is 2.60. The Morgan fingerprint density at radius 2 is 1.96 bits per heavy atom. The van der Waals surface area contributed by atoms with Gasteiger partial charge in [0.15, 0.2) is 0 Å². The fourth-order valence-corrected chi connectivity index (χ4v) is 1.99. The van der Waals surface area contributed by atoms with Gasteiger partial charge in [0.05, 0.1) is 25.0 Å². The van der Waals surface area contributed by atoms with Crippen LogP contribution in [0.4, 0.5) is 5.69 Å². The van der Waals surface area contributed by atoms with Crippen molar-refractivity contribution in [1.29, 1.82) is 0 Å². The van der Waals surface area contributed by atoms with Crippen LogP contribution in [0.2, 0.25) is 0 Å². The SMILES string of the molecule is COCCNc1cncc(C(=O)NCc2ccc(OC)cc2)c1. The van der Waals surface area contributed by atoms with Crippen molar-refractivity contribution in [3.8, 4) is 5.75 Å². The van der Waals surface area contributed by atoms with Gasteiger partial charge in [0.25, 0.3) is 5.91 Å². The maximum absolute atomic E-state index is 12.2. The number of pyridine rings is 1. The molecule has 1 heterocycles. The largest absolute Gasteiger partial charge is 0.497 e. The number of methoxy groups -OCH3 is 2. The molecule has 0 spiro atoms. The molecule has 6 nitrogen and oxygen atoms in total. The number of hydrogen-bond donors (Lipinski definition) is 2. The standard InChI is InChI=1S/C17H21N3O3/c1-22-8-7-19-15-9-14(11-18-12-15)17(21)20-10-13-3-5-16(23-2)6-4-13/h3-6,9,11-12,19H,7-8,10H2,1-2H3,(H,20,21). The van der Waals surface area contributed by atoms with Crippen LogP contribution in [-0.4, -0.2) is 38.3 Å². The van der Waals surface area contributed by atoms with Gasteiger partial charge in [0, 0.05) is 32.6 Å². The molecule has 0 radical (unpaired) electrons. The fourth-order valence-electron chi connectivity index (χ4n) is 1.99. The third kappa shape index (κ3) is 5.27. The molecular formula is C17H21N3O3. The van der Waals surface area contributed by atoms with Crippen LogP contribution in [0.3, 0.4) is 0 Å². The Morgan fingerprint density at radius 3 is 2.65 bits per heavy atom. The summed E-state index contributed by atoms with van der Waals surface area (Å²) in [5.41, 5.74) is 2.31. The normalized spacial score (nSPS) is 10.2. The molecule has 0 aliphatic carbocycles. The summed E-state index contributed by atoms with van der Waals surface area (Å²) in [5, 5.41) is 6.02. The monoisotopic (exact) mass is 315 g/mol. The number of carbonyl (C=O) groups is 1. The van der Waals surface area contributed by atoms with Crippen molar-refractivity contribution in [1.82, 2.24) is 10.3 Å². The molecule has 0 unspecified atom stereocenters. The lowest BCUT2D eigenvalue weighted by Gasteiger charge is -2.09. The number of carbonyl (C=O) groups excluding carboxylic acids is 1. The first-order valence-electron chi connectivity index (χ1n) is 7.32. The van der Waals surface area contributed by atoms with E-state index in [0.717, 1.165) is 17.0 Å². The van der Waals surface area contributed by atoms with Crippen molar-refractivity contribution in [3.63, 3.8) is 0 Å². The van der Waals surface area contributed by atoms with Gasteiger partial charge in [-0.15, -0.1) is 0 Å². The van der Waals surface area contributed by atoms with Crippen molar-refractivity contribution < 1.29 is 14.3 Å². The Bertz CT molecular complexity index is 629. The van der Waals surface area contributed by atoms with Crippen molar-refractivity contribution in [2.45, 2.75) is 6.54 Å². The second kappa shape index (κ2) is 8.75. The first-order chi connectivity index (χ1) is 11.2. The molecule has 0 aliphatic rings. The molecule has 0 saturated heterocycles. The maximum Gasteiger partial charge on any atom is 0.253 e. The second-order valence-electron chi connectivity index (χ2n) is 4.91. The summed E-state index contributed by atoms with van der Waals surface area (Å²) >= 11 is 0. The van der Waals surface area contributed by atoms with Crippen molar-refractivity contribution in [2.24, 2.45) is 0 Å². The van der Waals surface area contributed by atoms with E-state index in [4.69, 9.17) is 9.47 Å². The molecule has 23 heavy (non-hydrogen) atoms. The molecule has 2 aromatic rings. The number of hydrogen-bond acceptors (Lipinski definition) is 5. The van der Waals surface area contributed by atoms with E-state index in [1.807, 2.05) is 24.3 Å². The number of nitrogens with zero attached hydrogens (tertiary/aromatic N) is 1. The zero-order valence-electron chi connectivity index (χ0n) is 13.3. The van der Waals surface area contributed by atoms with Crippen LogP contribution < -0.4 is 15.4 Å². The Hall–Kier alpha value is -2.60. The van der Waals surface area contributed by atoms with E-state index >= 15 is 0 Å². The summed E-state index contributed by atoms with van der Waals surface area (Å²) in [6.45, 7) is 1.70. The average molecular weight is 315 g/mol. The molecule has 1 amide bonds. The number of aromatic nitrogens is 1. The molecule has 2 N–H and O–H groups in total. The third-order valence-corrected chi connectivity index (χ3v) is 3.25. The van der Waals surface area contributed by atoms with E-state index in [0.29, 0.717) is 25.3 Å². The molecule has 0 atom stereocenters. The van der Waals surface area contributed by atoms with Crippen LogP contribution in [0, 0.1) is 0 Å². The van der Waals surface area contributed by atoms with E-state index in [9.17, 15) is 4.79 Å². The van der Waals surface area contributed by atoms with Crippen LogP contribution >= 0.6 is 0 Å². The molecule has 1 aromatic heterocycles. The minimum Gasteiger partial charge on any atom is -0.497 e. The summed E-state index contributed by atoms with van der Waals surface area (Å²) in [6, 6.07) is 9.33. The fraction of sp³-hybridized carbons (Fsp3) is 0.294. The Labute approximate surface area is 135 Å². The van der Waals surface area contributed by atoms with E-state index < -0.39 is 0 Å². The molecule has 0 bridgehead atoms. The predicted molar refractivity (Wildman–Crippen MR) is 88.8 cm³/mol. The zero-order valence-corrected chi connectivity index (χ0v) is 13.3. The van der Waals surface area contributed by atoms with E-state index in [1.165, 1.54) is 0 Å². The smallest absolute Gasteiger partial charge is 0.253 e. The van der Waals surface area contributed by atoms with Gasteiger partial charge in [0.1, 0.15) is 5.75 Å². The highest BCUT2D eigenvalue weighted by molar-refractivity contribution is 5.94. The quantitative estimate of drug-likeness (QED) is 0.730. The van der Waals surface area contributed by atoms with Crippen molar-refractivity contribution >= 4 is 11.6 Å². The van der Waals surface area contributed by atoms with Crippen LogP contribution in [-0.2, 0) is 11.3 Å². The van der Waals surface area contributed by atoms with Gasteiger partial charge in [-0.25, -0.2) is 0 Å². The summed E-state index contributed by atoms with van der Waals surface area (Å²) in [7, 11) is 3.26. The summed E-state index contributed by atoms with van der Waals surface area (Å²) < 4.78 is 10.1. The maximum atomic E-state index is 12.2. The Balaban J connectivity index is 1.90. The number of amides is 1. The number of rotatable bonds is 8. The second-order valence-corrected chi connectivity index (χ2v) is 4.91. The van der Waals surface area contributed by atoms with Gasteiger partial charge in [-0.2, -0.15) is 0 Å². The number of anilines is 1. The minimum atomic E-state index is -0.163. The van der Waals surface area contributed by atoms with E-state index in [2.05, 4.69) is 15.6 Å². The number of benzene rings is 1. The number of ether oxygens (including phenoxy) is 2. The van der Waals surface area contributed by atoms with Crippen molar-refractivity contribution in [2.75, 3.05) is 32.7 Å². The van der Waals surface area contributed by atoms with Gasteiger partial charge in [-0.1, -0.05) is 12.1 Å². The van der Waals surface area contributed by atoms with Crippen molar-refractivity contribution in [3.05, 3.63) is 53.9 Å². The van der Waals surface area contributed by atoms with E-state index in [1.54, 1.807) is 32.7 Å². The van der Waals surface area contributed by atoms with Gasteiger partial charge >= 0.3 is 0 Å². The lowest BCUT2D eigenvalue weighted by molar-refractivity contribution is 0.0950. The molecule has 0 fully saturated rings. The Morgan fingerprint density at radius 1 is 1.17 bits per heavy atom. The van der Waals surface area contributed by atoms with Gasteiger partial charge < -0.3 is 20.1 Å². The minimum absolute atomic E-state index is 0.163. The van der Waals surface area contributed by atoms with Crippen LogP contribution in [0.1, 0.15) is 15.9 Å². The molecule has 122 valence electrons. The highest BCUT2D eigenvalue weighted by Crippen LogP contribution is 2.12. The predicted octanol–water partition coefficient (Wildman–Crippen LogP) is 2.08. The summed E-state index contributed by atoms with van der Waals surface area (Å²) in [4.78, 5) is 16.3. The number of nitrogens with one attached hydrogen (secondary N) is 2. The summed E-state index contributed by atoms with van der Waals surface area (Å²) in [5.74, 6) is 0.628.